The van der Waals surface area contributed by atoms with Crippen LogP contribution in [0.15, 0.2) is 78.9 Å². The Labute approximate surface area is 214 Å². The van der Waals surface area contributed by atoms with Crippen molar-refractivity contribution in [3.8, 4) is 11.1 Å². The zero-order valence-electron chi connectivity index (χ0n) is 21.6. The molecule has 0 saturated carbocycles. The lowest BCUT2D eigenvalue weighted by Crippen LogP contribution is -2.47. The van der Waals surface area contributed by atoms with Crippen LogP contribution in [-0.2, 0) is 14.9 Å². The number of carbonyl (C=O) groups is 1. The molecule has 0 aliphatic carbocycles. The van der Waals surface area contributed by atoms with Crippen LogP contribution in [0.5, 0.6) is 0 Å². The van der Waals surface area contributed by atoms with Gasteiger partial charge >= 0.3 is 5.97 Å². The van der Waals surface area contributed by atoms with Gasteiger partial charge in [-0.2, -0.15) is 0 Å². The molecule has 5 heteroatoms. The number of nitrogens with zero attached hydrogens (tertiary/aromatic N) is 2. The molecule has 1 aliphatic heterocycles. The van der Waals surface area contributed by atoms with Crippen molar-refractivity contribution in [3.63, 3.8) is 0 Å². The van der Waals surface area contributed by atoms with E-state index in [0.717, 1.165) is 62.4 Å². The SMILES string of the molecule is CC(C)OC(=O)C(C)(CCCN1CCN(c2cccc(-c3ccccc3F)c2)CC1)c1ccccc1. The lowest BCUT2D eigenvalue weighted by molar-refractivity contribution is -0.154. The Kier molecular flexibility index (Phi) is 8.42. The van der Waals surface area contributed by atoms with Gasteiger partial charge in [-0.25, -0.2) is 4.39 Å². The molecule has 0 amide bonds. The van der Waals surface area contributed by atoms with E-state index in [1.54, 1.807) is 6.07 Å². The first-order valence-electron chi connectivity index (χ1n) is 13.0. The van der Waals surface area contributed by atoms with E-state index in [9.17, 15) is 9.18 Å². The van der Waals surface area contributed by atoms with Gasteiger partial charge in [-0.15, -0.1) is 0 Å². The molecule has 4 nitrogen and oxygen atoms in total. The third-order valence-corrected chi connectivity index (χ3v) is 7.12. The number of ether oxygens (including phenoxy) is 1. The fourth-order valence-corrected chi connectivity index (χ4v) is 4.97. The maximum absolute atomic E-state index is 14.3. The number of rotatable bonds is 9. The van der Waals surface area contributed by atoms with E-state index in [0.29, 0.717) is 5.56 Å². The quantitative estimate of drug-likeness (QED) is 0.331. The molecule has 1 atom stereocenters. The van der Waals surface area contributed by atoms with Crippen LogP contribution in [0.4, 0.5) is 10.1 Å². The van der Waals surface area contributed by atoms with E-state index in [4.69, 9.17) is 4.74 Å². The highest BCUT2D eigenvalue weighted by Crippen LogP contribution is 2.32. The number of anilines is 1. The molecule has 0 aromatic heterocycles. The molecule has 36 heavy (non-hydrogen) atoms. The van der Waals surface area contributed by atoms with E-state index in [1.807, 2.05) is 75.4 Å². The summed E-state index contributed by atoms with van der Waals surface area (Å²) in [6, 6.07) is 25.1. The normalized spacial score (nSPS) is 16.1. The van der Waals surface area contributed by atoms with Gasteiger partial charge in [0.15, 0.2) is 0 Å². The first kappa shape index (κ1) is 25.9. The topological polar surface area (TPSA) is 32.8 Å². The molecular formula is C31H37FN2O2. The van der Waals surface area contributed by atoms with E-state index in [1.165, 1.54) is 6.07 Å². The van der Waals surface area contributed by atoms with E-state index in [-0.39, 0.29) is 17.9 Å². The summed E-state index contributed by atoms with van der Waals surface area (Å²) >= 11 is 0. The molecule has 1 unspecified atom stereocenters. The van der Waals surface area contributed by atoms with Gasteiger partial charge in [0.05, 0.1) is 11.5 Å². The van der Waals surface area contributed by atoms with Crippen molar-refractivity contribution in [2.24, 2.45) is 0 Å². The second-order valence-electron chi connectivity index (χ2n) is 10.1. The number of esters is 1. The molecule has 1 aliphatic rings. The Morgan fingerprint density at radius 3 is 2.33 bits per heavy atom. The number of hydrogen-bond acceptors (Lipinski definition) is 4. The maximum atomic E-state index is 14.3. The van der Waals surface area contributed by atoms with Crippen molar-refractivity contribution >= 4 is 11.7 Å². The largest absolute Gasteiger partial charge is 0.462 e. The van der Waals surface area contributed by atoms with Gasteiger partial charge in [-0.3, -0.25) is 9.69 Å². The van der Waals surface area contributed by atoms with Gasteiger partial charge in [0.1, 0.15) is 5.82 Å². The highest BCUT2D eigenvalue weighted by Gasteiger charge is 2.37. The second kappa shape index (κ2) is 11.7. The minimum Gasteiger partial charge on any atom is -0.462 e. The smallest absolute Gasteiger partial charge is 0.316 e. The number of halogens is 1. The van der Waals surface area contributed by atoms with E-state index < -0.39 is 5.41 Å². The lowest BCUT2D eigenvalue weighted by atomic mass is 9.78. The summed E-state index contributed by atoms with van der Waals surface area (Å²) in [5, 5.41) is 0. The van der Waals surface area contributed by atoms with Crippen LogP contribution in [0, 0.1) is 5.82 Å². The highest BCUT2D eigenvalue weighted by atomic mass is 19.1. The average molecular weight is 489 g/mol. The molecule has 3 aromatic rings. The Morgan fingerprint density at radius 2 is 1.64 bits per heavy atom. The van der Waals surface area contributed by atoms with E-state index in [2.05, 4.69) is 21.9 Å². The lowest BCUT2D eigenvalue weighted by Gasteiger charge is -2.37. The van der Waals surface area contributed by atoms with Crippen LogP contribution < -0.4 is 4.90 Å². The first-order chi connectivity index (χ1) is 17.4. The second-order valence-corrected chi connectivity index (χ2v) is 10.1. The van der Waals surface area contributed by atoms with Gasteiger partial charge in [0.25, 0.3) is 0 Å². The Morgan fingerprint density at radius 1 is 0.944 bits per heavy atom. The van der Waals surface area contributed by atoms with Crippen molar-refractivity contribution in [1.82, 2.24) is 4.90 Å². The van der Waals surface area contributed by atoms with Gasteiger partial charge in [-0.05, 0) is 69.5 Å². The van der Waals surface area contributed by atoms with Crippen molar-refractivity contribution in [1.29, 1.82) is 0 Å². The van der Waals surface area contributed by atoms with Crippen molar-refractivity contribution in [2.75, 3.05) is 37.6 Å². The number of piperazine rings is 1. The highest BCUT2D eigenvalue weighted by molar-refractivity contribution is 5.82. The summed E-state index contributed by atoms with van der Waals surface area (Å²) in [6.07, 6.45) is 1.53. The molecule has 0 bridgehead atoms. The Hall–Kier alpha value is -3.18. The number of hydrogen-bond donors (Lipinski definition) is 0. The zero-order chi connectivity index (χ0) is 25.5. The summed E-state index contributed by atoms with van der Waals surface area (Å²) in [4.78, 5) is 17.9. The minimum atomic E-state index is -0.652. The summed E-state index contributed by atoms with van der Waals surface area (Å²) in [7, 11) is 0. The third kappa shape index (κ3) is 6.14. The Balaban J connectivity index is 1.33. The van der Waals surface area contributed by atoms with Crippen molar-refractivity contribution in [3.05, 3.63) is 90.2 Å². The molecule has 3 aromatic carbocycles. The third-order valence-electron chi connectivity index (χ3n) is 7.12. The summed E-state index contributed by atoms with van der Waals surface area (Å²) in [5.41, 5.74) is 3.02. The molecule has 0 spiro atoms. The monoisotopic (exact) mass is 488 g/mol. The molecule has 190 valence electrons. The predicted octanol–water partition coefficient (Wildman–Crippen LogP) is 6.30. The van der Waals surface area contributed by atoms with Crippen LogP contribution in [-0.4, -0.2) is 49.7 Å². The molecule has 1 fully saturated rings. The van der Waals surface area contributed by atoms with Crippen molar-refractivity contribution < 1.29 is 13.9 Å². The predicted molar refractivity (Wildman–Crippen MR) is 145 cm³/mol. The van der Waals surface area contributed by atoms with Crippen molar-refractivity contribution in [2.45, 2.75) is 45.1 Å². The summed E-state index contributed by atoms with van der Waals surface area (Å²) in [5.74, 6) is -0.345. The molecule has 1 heterocycles. The van der Waals surface area contributed by atoms with Crippen LogP contribution in [0.25, 0.3) is 11.1 Å². The molecular weight excluding hydrogens is 451 g/mol. The number of benzene rings is 3. The molecule has 0 radical (unpaired) electrons. The van der Waals surface area contributed by atoms with Crippen LogP contribution >= 0.6 is 0 Å². The van der Waals surface area contributed by atoms with Gasteiger partial charge in [0.2, 0.25) is 0 Å². The summed E-state index contributed by atoms with van der Waals surface area (Å²) in [6.45, 7) is 10.5. The fraction of sp³-hybridized carbons (Fsp3) is 0.387. The van der Waals surface area contributed by atoms with Crippen LogP contribution in [0.2, 0.25) is 0 Å². The zero-order valence-corrected chi connectivity index (χ0v) is 21.6. The standard InChI is InChI=1S/C31H37FN2O2/c1-24(2)36-30(35)31(3,26-12-5-4-6-13-26)17-10-18-33-19-21-34(22-20-33)27-14-9-11-25(23-27)28-15-7-8-16-29(28)32/h4-9,11-16,23-24H,10,17-22H2,1-3H3. The average Bonchev–Trinajstić information content (AvgIpc) is 2.89. The van der Waals surface area contributed by atoms with Gasteiger partial charge in [0, 0.05) is 37.4 Å². The van der Waals surface area contributed by atoms with E-state index >= 15 is 0 Å². The van der Waals surface area contributed by atoms with Crippen LogP contribution in [0.1, 0.15) is 39.2 Å². The molecule has 4 rings (SSSR count). The first-order valence-corrected chi connectivity index (χ1v) is 13.0. The van der Waals surface area contributed by atoms with Gasteiger partial charge in [-0.1, -0.05) is 60.7 Å². The minimum absolute atomic E-state index is 0.134. The van der Waals surface area contributed by atoms with Crippen LogP contribution in [0.3, 0.4) is 0 Å². The molecule has 0 N–H and O–H groups in total. The number of carbonyl (C=O) groups excluding carboxylic acids is 1. The maximum Gasteiger partial charge on any atom is 0.316 e. The Bertz CT molecular complexity index is 1140. The molecule has 1 saturated heterocycles. The fourth-order valence-electron chi connectivity index (χ4n) is 4.97. The summed E-state index contributed by atoms with van der Waals surface area (Å²) < 4.78 is 19.9. The van der Waals surface area contributed by atoms with Gasteiger partial charge < -0.3 is 9.64 Å².